The van der Waals surface area contributed by atoms with Crippen LogP contribution in [0.5, 0.6) is 0 Å². The summed E-state index contributed by atoms with van der Waals surface area (Å²) >= 11 is 0. The van der Waals surface area contributed by atoms with Gasteiger partial charge in [-0.25, -0.2) is 0 Å². The minimum Gasteiger partial charge on any atom is -0.480 e. The Morgan fingerprint density at radius 2 is 1.65 bits per heavy atom. The molecule has 0 spiro atoms. The van der Waals surface area contributed by atoms with Crippen molar-refractivity contribution >= 4 is 17.8 Å². The van der Waals surface area contributed by atoms with E-state index in [1.54, 1.807) is 31.3 Å². The van der Waals surface area contributed by atoms with Crippen LogP contribution in [0.3, 0.4) is 0 Å². The zero-order valence-electron chi connectivity index (χ0n) is 11.6. The summed E-state index contributed by atoms with van der Waals surface area (Å²) in [5.41, 5.74) is -0.451. The molecule has 0 bridgehead atoms. The van der Waals surface area contributed by atoms with E-state index in [4.69, 9.17) is 5.11 Å². The van der Waals surface area contributed by atoms with Crippen LogP contribution >= 0.6 is 0 Å². The summed E-state index contributed by atoms with van der Waals surface area (Å²) in [4.78, 5) is 38.0. The SMILES string of the molecule is CN(CN1C(=O)c2ccccc2C1=O)C(C)(C)C(=O)O. The Labute approximate surface area is 116 Å². The van der Waals surface area contributed by atoms with Gasteiger partial charge in [-0.05, 0) is 33.0 Å². The molecule has 0 fully saturated rings. The lowest BCUT2D eigenvalue weighted by molar-refractivity contribution is -0.149. The number of amides is 2. The maximum atomic E-state index is 12.2. The van der Waals surface area contributed by atoms with E-state index in [9.17, 15) is 14.4 Å². The highest BCUT2D eigenvalue weighted by Gasteiger charge is 2.39. The Morgan fingerprint density at radius 3 is 2.05 bits per heavy atom. The fourth-order valence-electron chi connectivity index (χ4n) is 1.92. The molecule has 1 aromatic rings. The highest BCUT2D eigenvalue weighted by atomic mass is 16.4. The molecule has 1 aliphatic rings. The molecule has 20 heavy (non-hydrogen) atoms. The number of carboxylic acid groups (broad SMARTS) is 1. The van der Waals surface area contributed by atoms with Crippen LogP contribution in [0, 0.1) is 0 Å². The number of hydrogen-bond donors (Lipinski definition) is 1. The van der Waals surface area contributed by atoms with Crippen molar-refractivity contribution in [3.05, 3.63) is 35.4 Å². The maximum Gasteiger partial charge on any atom is 0.323 e. The van der Waals surface area contributed by atoms with Gasteiger partial charge in [0.1, 0.15) is 5.54 Å². The largest absolute Gasteiger partial charge is 0.480 e. The summed E-state index contributed by atoms with van der Waals surface area (Å²) in [5, 5.41) is 9.16. The van der Waals surface area contributed by atoms with Gasteiger partial charge >= 0.3 is 5.97 Å². The smallest absolute Gasteiger partial charge is 0.323 e. The van der Waals surface area contributed by atoms with Gasteiger partial charge in [0, 0.05) is 0 Å². The van der Waals surface area contributed by atoms with Crippen LogP contribution in [-0.4, -0.2) is 51.9 Å². The first kappa shape index (κ1) is 14.2. The summed E-state index contributed by atoms with van der Waals surface area (Å²) in [6.07, 6.45) is 0. The molecule has 1 aromatic carbocycles. The number of aliphatic carboxylic acids is 1. The van der Waals surface area contributed by atoms with Crippen LogP contribution in [-0.2, 0) is 4.79 Å². The average molecular weight is 276 g/mol. The second-order valence-corrected chi connectivity index (χ2v) is 5.29. The molecule has 0 atom stereocenters. The third kappa shape index (κ3) is 2.08. The molecule has 0 saturated carbocycles. The van der Waals surface area contributed by atoms with Crippen molar-refractivity contribution in [1.82, 2.24) is 9.80 Å². The minimum absolute atomic E-state index is 0.0638. The van der Waals surface area contributed by atoms with E-state index in [1.165, 1.54) is 18.7 Å². The first-order valence-corrected chi connectivity index (χ1v) is 6.16. The Morgan fingerprint density at radius 1 is 1.20 bits per heavy atom. The molecule has 2 rings (SSSR count). The third-order valence-electron chi connectivity index (χ3n) is 3.71. The zero-order chi connectivity index (χ0) is 15.1. The van der Waals surface area contributed by atoms with Crippen molar-refractivity contribution in [2.75, 3.05) is 13.7 Å². The van der Waals surface area contributed by atoms with Gasteiger partial charge in [-0.15, -0.1) is 0 Å². The number of nitrogens with zero attached hydrogens (tertiary/aromatic N) is 2. The molecule has 0 unspecified atom stereocenters. The second kappa shape index (κ2) is 4.72. The lowest BCUT2D eigenvalue weighted by atomic mass is 10.1. The molecule has 1 N–H and O–H groups in total. The van der Waals surface area contributed by atoms with Crippen LogP contribution in [0.1, 0.15) is 34.6 Å². The number of benzene rings is 1. The molecular formula is C14H16N2O4. The van der Waals surface area contributed by atoms with E-state index in [2.05, 4.69) is 0 Å². The van der Waals surface area contributed by atoms with E-state index >= 15 is 0 Å². The monoisotopic (exact) mass is 276 g/mol. The molecule has 0 aliphatic carbocycles. The van der Waals surface area contributed by atoms with Gasteiger partial charge in [-0.1, -0.05) is 12.1 Å². The number of likely N-dealkylation sites (N-methyl/N-ethyl adjacent to an activating group) is 1. The van der Waals surface area contributed by atoms with Crippen LogP contribution in [0.2, 0.25) is 0 Å². The average Bonchev–Trinajstić information content (AvgIpc) is 2.64. The van der Waals surface area contributed by atoms with Gasteiger partial charge in [0.2, 0.25) is 0 Å². The van der Waals surface area contributed by atoms with E-state index < -0.39 is 23.3 Å². The number of rotatable bonds is 4. The Hall–Kier alpha value is -2.21. The molecule has 6 heteroatoms. The fraction of sp³-hybridized carbons (Fsp3) is 0.357. The fourth-order valence-corrected chi connectivity index (χ4v) is 1.92. The number of imide groups is 1. The van der Waals surface area contributed by atoms with Crippen LogP contribution in [0.25, 0.3) is 0 Å². The normalized spacial score (nSPS) is 14.9. The summed E-state index contributed by atoms with van der Waals surface area (Å²) in [5.74, 6) is -1.80. The number of carbonyl (C=O) groups excluding carboxylic acids is 2. The number of hydrogen-bond acceptors (Lipinski definition) is 4. The Bertz CT molecular complexity index is 560. The van der Waals surface area contributed by atoms with E-state index in [-0.39, 0.29) is 6.67 Å². The molecule has 6 nitrogen and oxygen atoms in total. The van der Waals surface area contributed by atoms with Gasteiger partial charge in [-0.2, -0.15) is 0 Å². The van der Waals surface area contributed by atoms with Crippen molar-refractivity contribution in [2.45, 2.75) is 19.4 Å². The summed E-state index contributed by atoms with van der Waals surface area (Å²) in [6, 6.07) is 6.58. The standard InChI is InChI=1S/C14H16N2O4/c1-14(2,13(19)20)15(3)8-16-11(17)9-6-4-5-7-10(9)12(16)18/h4-7H,8H2,1-3H3,(H,19,20). The van der Waals surface area contributed by atoms with Crippen molar-refractivity contribution in [3.8, 4) is 0 Å². The molecule has 106 valence electrons. The van der Waals surface area contributed by atoms with Crippen molar-refractivity contribution in [1.29, 1.82) is 0 Å². The summed E-state index contributed by atoms with van der Waals surface area (Å²) in [6.45, 7) is 2.98. The Kier molecular flexibility index (Phi) is 3.35. The molecule has 0 radical (unpaired) electrons. The maximum absolute atomic E-state index is 12.2. The number of carboxylic acids is 1. The van der Waals surface area contributed by atoms with Crippen LogP contribution < -0.4 is 0 Å². The van der Waals surface area contributed by atoms with Gasteiger partial charge in [0.15, 0.2) is 0 Å². The van der Waals surface area contributed by atoms with E-state index in [0.717, 1.165) is 4.90 Å². The van der Waals surface area contributed by atoms with Gasteiger partial charge < -0.3 is 5.11 Å². The third-order valence-corrected chi connectivity index (χ3v) is 3.71. The topological polar surface area (TPSA) is 77.9 Å². The lowest BCUT2D eigenvalue weighted by Gasteiger charge is -2.33. The number of fused-ring (bicyclic) bond motifs is 1. The van der Waals surface area contributed by atoms with Crippen molar-refractivity contribution in [2.24, 2.45) is 0 Å². The minimum atomic E-state index is -1.17. The molecule has 1 aliphatic heterocycles. The predicted molar refractivity (Wildman–Crippen MR) is 71.3 cm³/mol. The van der Waals surface area contributed by atoms with Gasteiger partial charge in [0.05, 0.1) is 17.8 Å². The number of carbonyl (C=O) groups is 3. The van der Waals surface area contributed by atoms with Crippen LogP contribution in [0.15, 0.2) is 24.3 Å². The van der Waals surface area contributed by atoms with E-state index in [0.29, 0.717) is 11.1 Å². The molecule has 0 aromatic heterocycles. The van der Waals surface area contributed by atoms with Crippen molar-refractivity contribution < 1.29 is 19.5 Å². The molecule has 1 heterocycles. The van der Waals surface area contributed by atoms with E-state index in [1.807, 2.05) is 0 Å². The van der Waals surface area contributed by atoms with Gasteiger partial charge in [0.25, 0.3) is 11.8 Å². The predicted octanol–water partition coefficient (Wildman–Crippen LogP) is 1.04. The second-order valence-electron chi connectivity index (χ2n) is 5.29. The molecule has 0 saturated heterocycles. The quantitative estimate of drug-likeness (QED) is 0.831. The lowest BCUT2D eigenvalue weighted by Crippen LogP contribution is -2.53. The summed E-state index contributed by atoms with van der Waals surface area (Å²) in [7, 11) is 1.57. The summed E-state index contributed by atoms with van der Waals surface area (Å²) < 4.78 is 0. The zero-order valence-corrected chi connectivity index (χ0v) is 11.6. The molecule has 2 amide bonds. The van der Waals surface area contributed by atoms with Crippen molar-refractivity contribution in [3.63, 3.8) is 0 Å². The first-order chi connectivity index (χ1) is 9.26. The highest BCUT2D eigenvalue weighted by Crippen LogP contribution is 2.24. The van der Waals surface area contributed by atoms with Gasteiger partial charge in [-0.3, -0.25) is 24.2 Å². The first-order valence-electron chi connectivity index (χ1n) is 6.16. The highest BCUT2D eigenvalue weighted by molar-refractivity contribution is 6.21. The van der Waals surface area contributed by atoms with Crippen LogP contribution in [0.4, 0.5) is 0 Å². The Balaban J connectivity index is 2.23. The molecular weight excluding hydrogens is 260 g/mol.